The Morgan fingerprint density at radius 1 is 1.30 bits per heavy atom. The Hall–Kier alpha value is -3.70. The van der Waals surface area contributed by atoms with Crippen LogP contribution in [-0.2, 0) is 22.5 Å². The standard InChI is InChI=1S/C25H26N4O4/c1-4-31-23(30)15-29-11-10-20-18(14-29)6-5-7-21(20)24-27-25(33-28-24)17-8-9-22(32-16(2)3)19(12-17)13-26/h5-9,12,16H,4,10-11,14-15H2,1-3H3. The fourth-order valence-electron chi connectivity index (χ4n) is 3.96. The normalized spacial score (nSPS) is 13.4. The van der Waals surface area contributed by atoms with Gasteiger partial charge in [0.05, 0.1) is 24.8 Å². The zero-order valence-corrected chi connectivity index (χ0v) is 19.0. The number of rotatable bonds is 7. The first-order valence-electron chi connectivity index (χ1n) is 11.0. The molecule has 0 N–H and O–H groups in total. The van der Waals surface area contributed by atoms with Gasteiger partial charge in [-0.2, -0.15) is 10.2 Å². The first kappa shape index (κ1) is 22.5. The zero-order chi connectivity index (χ0) is 23.4. The molecule has 0 atom stereocenters. The molecule has 0 saturated heterocycles. The molecule has 8 nitrogen and oxygen atoms in total. The number of hydrogen-bond acceptors (Lipinski definition) is 8. The molecule has 33 heavy (non-hydrogen) atoms. The Morgan fingerprint density at radius 2 is 2.15 bits per heavy atom. The smallest absolute Gasteiger partial charge is 0.320 e. The van der Waals surface area contributed by atoms with E-state index in [-0.39, 0.29) is 18.6 Å². The van der Waals surface area contributed by atoms with E-state index in [1.54, 1.807) is 12.1 Å². The number of benzene rings is 2. The van der Waals surface area contributed by atoms with Gasteiger partial charge in [-0.05, 0) is 56.5 Å². The molecular formula is C25H26N4O4. The number of nitrogens with zero attached hydrogens (tertiary/aromatic N) is 4. The van der Waals surface area contributed by atoms with E-state index in [1.807, 2.05) is 39.0 Å². The Morgan fingerprint density at radius 3 is 2.91 bits per heavy atom. The molecule has 0 unspecified atom stereocenters. The lowest BCUT2D eigenvalue weighted by atomic mass is 9.94. The van der Waals surface area contributed by atoms with Gasteiger partial charge in [0.15, 0.2) is 0 Å². The highest BCUT2D eigenvalue weighted by Gasteiger charge is 2.23. The average molecular weight is 447 g/mol. The highest BCUT2D eigenvalue weighted by molar-refractivity contribution is 5.72. The van der Waals surface area contributed by atoms with Crippen LogP contribution in [0.5, 0.6) is 5.75 Å². The number of carbonyl (C=O) groups is 1. The van der Waals surface area contributed by atoms with Gasteiger partial charge in [-0.1, -0.05) is 23.4 Å². The number of carbonyl (C=O) groups excluding carboxylic acids is 1. The highest BCUT2D eigenvalue weighted by Crippen LogP contribution is 2.31. The third-order valence-electron chi connectivity index (χ3n) is 5.38. The average Bonchev–Trinajstić information content (AvgIpc) is 3.28. The van der Waals surface area contributed by atoms with Gasteiger partial charge in [0.1, 0.15) is 11.8 Å². The lowest BCUT2D eigenvalue weighted by Crippen LogP contribution is -2.35. The quantitative estimate of drug-likeness (QED) is 0.502. The van der Waals surface area contributed by atoms with Crippen molar-refractivity contribution >= 4 is 5.97 Å². The monoisotopic (exact) mass is 446 g/mol. The molecule has 3 aromatic rings. The van der Waals surface area contributed by atoms with E-state index >= 15 is 0 Å². The molecule has 0 bridgehead atoms. The largest absolute Gasteiger partial charge is 0.490 e. The zero-order valence-electron chi connectivity index (χ0n) is 19.0. The Balaban J connectivity index is 1.57. The molecule has 2 heterocycles. The lowest BCUT2D eigenvalue weighted by molar-refractivity contribution is -0.144. The van der Waals surface area contributed by atoms with Crippen molar-refractivity contribution in [2.75, 3.05) is 19.7 Å². The highest BCUT2D eigenvalue weighted by atomic mass is 16.5. The van der Waals surface area contributed by atoms with Gasteiger partial charge in [-0.15, -0.1) is 0 Å². The molecule has 1 aromatic heterocycles. The van der Waals surface area contributed by atoms with Crippen molar-refractivity contribution in [2.24, 2.45) is 0 Å². The molecule has 0 spiro atoms. The van der Waals surface area contributed by atoms with Crippen LogP contribution in [0.1, 0.15) is 37.5 Å². The minimum Gasteiger partial charge on any atom is -0.490 e. The Kier molecular flexibility index (Phi) is 6.71. The molecule has 4 rings (SSSR count). The predicted molar refractivity (Wildman–Crippen MR) is 121 cm³/mol. The van der Waals surface area contributed by atoms with Gasteiger partial charge >= 0.3 is 5.97 Å². The number of hydrogen-bond donors (Lipinski definition) is 0. The van der Waals surface area contributed by atoms with Gasteiger partial charge in [-0.3, -0.25) is 9.69 Å². The topological polar surface area (TPSA) is 101 Å². The van der Waals surface area contributed by atoms with Crippen molar-refractivity contribution in [1.29, 1.82) is 5.26 Å². The third-order valence-corrected chi connectivity index (χ3v) is 5.38. The number of esters is 1. The summed E-state index contributed by atoms with van der Waals surface area (Å²) >= 11 is 0. The minimum absolute atomic E-state index is 0.0320. The first-order valence-corrected chi connectivity index (χ1v) is 11.0. The van der Waals surface area contributed by atoms with Crippen LogP contribution in [-0.4, -0.2) is 46.8 Å². The van der Waals surface area contributed by atoms with Crippen LogP contribution >= 0.6 is 0 Å². The van der Waals surface area contributed by atoms with Crippen LogP contribution in [0, 0.1) is 11.3 Å². The van der Waals surface area contributed by atoms with Crippen molar-refractivity contribution in [1.82, 2.24) is 15.0 Å². The second kappa shape index (κ2) is 9.84. The van der Waals surface area contributed by atoms with Gasteiger partial charge in [0.2, 0.25) is 5.82 Å². The van der Waals surface area contributed by atoms with Crippen LogP contribution in [0.25, 0.3) is 22.8 Å². The number of fused-ring (bicyclic) bond motifs is 1. The summed E-state index contributed by atoms with van der Waals surface area (Å²) in [4.78, 5) is 18.5. The van der Waals surface area contributed by atoms with Crippen molar-refractivity contribution < 1.29 is 18.8 Å². The molecule has 0 saturated carbocycles. The van der Waals surface area contributed by atoms with Crippen molar-refractivity contribution in [3.63, 3.8) is 0 Å². The van der Waals surface area contributed by atoms with Crippen LogP contribution in [0.3, 0.4) is 0 Å². The lowest BCUT2D eigenvalue weighted by Gasteiger charge is -2.28. The maximum absolute atomic E-state index is 11.8. The molecule has 8 heteroatoms. The minimum atomic E-state index is -0.207. The summed E-state index contributed by atoms with van der Waals surface area (Å²) in [5.41, 5.74) is 4.28. The fourth-order valence-corrected chi connectivity index (χ4v) is 3.96. The van der Waals surface area contributed by atoms with E-state index in [4.69, 9.17) is 14.0 Å². The van der Waals surface area contributed by atoms with E-state index in [1.165, 1.54) is 0 Å². The van der Waals surface area contributed by atoms with Crippen molar-refractivity contribution in [3.8, 4) is 34.7 Å². The number of ether oxygens (including phenoxy) is 2. The summed E-state index contributed by atoms with van der Waals surface area (Å²) in [6, 6.07) is 13.4. The van der Waals surface area contributed by atoms with Gasteiger partial charge in [0.25, 0.3) is 5.89 Å². The van der Waals surface area contributed by atoms with E-state index in [0.29, 0.717) is 41.7 Å². The van der Waals surface area contributed by atoms with Crippen LogP contribution in [0.15, 0.2) is 40.9 Å². The Bertz CT molecular complexity index is 1200. The van der Waals surface area contributed by atoms with Crippen molar-refractivity contribution in [2.45, 2.75) is 39.8 Å². The number of nitriles is 1. The maximum Gasteiger partial charge on any atom is 0.320 e. The molecule has 0 fully saturated rings. The SMILES string of the molecule is CCOC(=O)CN1CCc2c(cccc2-c2noc(-c3ccc(OC(C)C)c(C#N)c3)n2)C1. The summed E-state index contributed by atoms with van der Waals surface area (Å²) in [6.45, 7) is 7.71. The molecule has 2 aromatic carbocycles. The molecule has 170 valence electrons. The van der Waals surface area contributed by atoms with Crippen LogP contribution in [0.4, 0.5) is 0 Å². The third kappa shape index (κ3) is 5.04. The van der Waals surface area contributed by atoms with Gasteiger partial charge in [-0.25, -0.2) is 0 Å². The van der Waals surface area contributed by atoms with E-state index in [2.05, 4.69) is 27.2 Å². The molecule has 1 aliphatic rings. The summed E-state index contributed by atoms with van der Waals surface area (Å²) in [6.07, 6.45) is 0.740. The van der Waals surface area contributed by atoms with E-state index < -0.39 is 0 Å². The van der Waals surface area contributed by atoms with Gasteiger partial charge < -0.3 is 14.0 Å². The van der Waals surface area contributed by atoms with Crippen molar-refractivity contribution in [3.05, 3.63) is 53.1 Å². The molecule has 1 aliphatic heterocycles. The van der Waals surface area contributed by atoms with Crippen LogP contribution < -0.4 is 4.74 Å². The van der Waals surface area contributed by atoms with E-state index in [0.717, 1.165) is 29.7 Å². The second-order valence-electron chi connectivity index (χ2n) is 8.12. The molecule has 0 aliphatic carbocycles. The Labute approximate surface area is 192 Å². The summed E-state index contributed by atoms with van der Waals surface area (Å²) in [5.74, 6) is 1.17. The van der Waals surface area contributed by atoms with E-state index in [9.17, 15) is 10.1 Å². The van der Waals surface area contributed by atoms with Gasteiger partial charge in [0, 0.05) is 24.2 Å². The molecule has 0 radical (unpaired) electrons. The second-order valence-corrected chi connectivity index (χ2v) is 8.12. The molecule has 0 amide bonds. The fraction of sp³-hybridized carbons (Fsp3) is 0.360. The predicted octanol–water partition coefficient (Wildman–Crippen LogP) is 3.98. The first-order chi connectivity index (χ1) is 16.0. The summed E-state index contributed by atoms with van der Waals surface area (Å²) in [7, 11) is 0. The maximum atomic E-state index is 11.8. The summed E-state index contributed by atoms with van der Waals surface area (Å²) < 4.78 is 16.3. The number of aromatic nitrogens is 2. The van der Waals surface area contributed by atoms with Crippen LogP contribution in [0.2, 0.25) is 0 Å². The summed E-state index contributed by atoms with van der Waals surface area (Å²) in [5, 5.41) is 13.7. The molecular weight excluding hydrogens is 420 g/mol.